The van der Waals surface area contributed by atoms with Gasteiger partial charge < -0.3 is 5.11 Å². The minimum absolute atomic E-state index is 0.0932. The molecule has 1 aromatic carbocycles. The predicted octanol–water partition coefficient (Wildman–Crippen LogP) is 3.00. The van der Waals surface area contributed by atoms with Crippen molar-refractivity contribution >= 4 is 11.8 Å². The normalized spacial score (nSPS) is 10.9. The van der Waals surface area contributed by atoms with Crippen molar-refractivity contribution in [1.29, 1.82) is 0 Å². The summed E-state index contributed by atoms with van der Waals surface area (Å²) in [7, 11) is 0. The number of halogens is 5. The molecule has 1 rings (SSSR count). The molecule has 0 atom stereocenters. The number of aliphatic hydroxyl groups excluding tert-OH is 1. The van der Waals surface area contributed by atoms with Crippen LogP contribution in [0.15, 0.2) is 0 Å². The summed E-state index contributed by atoms with van der Waals surface area (Å²) >= 11 is 0.987. The van der Waals surface area contributed by atoms with E-state index in [4.69, 9.17) is 5.11 Å². The van der Waals surface area contributed by atoms with Gasteiger partial charge >= 0.3 is 0 Å². The molecule has 0 aliphatic rings. The summed E-state index contributed by atoms with van der Waals surface area (Å²) in [6.45, 7) is -0.0932. The van der Waals surface area contributed by atoms with Gasteiger partial charge in [0.1, 0.15) is 0 Å². The minimum Gasteiger partial charge on any atom is -0.396 e. The molecule has 0 aromatic heterocycles. The van der Waals surface area contributed by atoms with Crippen molar-refractivity contribution in [2.24, 2.45) is 0 Å². The molecule has 0 aliphatic carbocycles. The second-order valence-corrected chi connectivity index (χ2v) is 4.28. The van der Waals surface area contributed by atoms with E-state index >= 15 is 0 Å². The fraction of sp³-hybridized carbons (Fsp3) is 0.400. The quantitative estimate of drug-likeness (QED) is 0.385. The molecule has 0 aliphatic heterocycles. The lowest BCUT2D eigenvalue weighted by molar-refractivity contribution is 0.296. The van der Waals surface area contributed by atoms with E-state index in [0.717, 1.165) is 11.8 Å². The second kappa shape index (κ2) is 6.20. The zero-order valence-electron chi connectivity index (χ0n) is 8.57. The zero-order chi connectivity index (χ0) is 13.0. The largest absolute Gasteiger partial charge is 0.396 e. The standard InChI is InChI=1S/C10H9F5OS/c11-6-5(4-17-3-1-2-16)7(12)9(14)10(15)8(6)13/h16H,1-4H2. The lowest BCUT2D eigenvalue weighted by Gasteiger charge is -2.07. The van der Waals surface area contributed by atoms with Crippen LogP contribution in [0.5, 0.6) is 0 Å². The van der Waals surface area contributed by atoms with E-state index in [9.17, 15) is 22.0 Å². The Kier molecular flexibility index (Phi) is 5.20. The van der Waals surface area contributed by atoms with Crippen LogP contribution < -0.4 is 0 Å². The van der Waals surface area contributed by atoms with Crippen molar-refractivity contribution < 1.29 is 27.1 Å². The van der Waals surface area contributed by atoms with Crippen molar-refractivity contribution in [3.05, 3.63) is 34.6 Å². The Balaban J connectivity index is 2.92. The summed E-state index contributed by atoms with van der Waals surface area (Å²) in [6.07, 6.45) is 0.389. The second-order valence-electron chi connectivity index (χ2n) is 3.18. The van der Waals surface area contributed by atoms with Crippen LogP contribution >= 0.6 is 11.8 Å². The van der Waals surface area contributed by atoms with Gasteiger partial charge in [-0.25, -0.2) is 22.0 Å². The van der Waals surface area contributed by atoms with Crippen molar-refractivity contribution in [2.75, 3.05) is 12.4 Å². The molecule has 96 valence electrons. The van der Waals surface area contributed by atoms with Gasteiger partial charge in [-0.15, -0.1) is 0 Å². The molecule has 0 bridgehead atoms. The molecule has 0 saturated heterocycles. The van der Waals surface area contributed by atoms with Crippen LogP contribution in [0.1, 0.15) is 12.0 Å². The average Bonchev–Trinajstić information content (AvgIpc) is 2.33. The third kappa shape index (κ3) is 3.10. The van der Waals surface area contributed by atoms with Crippen LogP contribution in [0.2, 0.25) is 0 Å². The third-order valence-electron chi connectivity index (χ3n) is 1.99. The first-order valence-corrected chi connectivity index (χ1v) is 5.85. The molecule has 0 saturated carbocycles. The third-order valence-corrected chi connectivity index (χ3v) is 3.06. The summed E-state index contributed by atoms with van der Waals surface area (Å²) in [5.74, 6) is -9.55. The molecule has 7 heteroatoms. The van der Waals surface area contributed by atoms with Crippen molar-refractivity contribution in [2.45, 2.75) is 12.2 Å². The first-order chi connectivity index (χ1) is 8.00. The van der Waals surface area contributed by atoms with E-state index in [0.29, 0.717) is 12.2 Å². The Morgan fingerprint density at radius 3 is 1.76 bits per heavy atom. The van der Waals surface area contributed by atoms with Gasteiger partial charge in [0, 0.05) is 17.9 Å². The predicted molar refractivity (Wildman–Crippen MR) is 54.1 cm³/mol. The highest BCUT2D eigenvalue weighted by Gasteiger charge is 2.25. The smallest absolute Gasteiger partial charge is 0.200 e. The Morgan fingerprint density at radius 2 is 1.29 bits per heavy atom. The molecular weight excluding hydrogens is 263 g/mol. The van der Waals surface area contributed by atoms with Crippen LogP contribution in [0.25, 0.3) is 0 Å². The first kappa shape index (κ1) is 14.2. The van der Waals surface area contributed by atoms with Gasteiger partial charge in [0.25, 0.3) is 0 Å². The van der Waals surface area contributed by atoms with Crippen molar-refractivity contribution in [3.8, 4) is 0 Å². The maximum Gasteiger partial charge on any atom is 0.200 e. The van der Waals surface area contributed by atoms with Crippen molar-refractivity contribution in [1.82, 2.24) is 0 Å². The number of benzene rings is 1. The van der Waals surface area contributed by atoms with Crippen LogP contribution in [0.3, 0.4) is 0 Å². The fourth-order valence-corrected chi connectivity index (χ4v) is 2.05. The lowest BCUT2D eigenvalue weighted by Crippen LogP contribution is -2.06. The maximum absolute atomic E-state index is 13.1. The Morgan fingerprint density at radius 1 is 0.824 bits per heavy atom. The van der Waals surface area contributed by atoms with E-state index < -0.39 is 34.6 Å². The van der Waals surface area contributed by atoms with Gasteiger partial charge in [-0.2, -0.15) is 11.8 Å². The Hall–Kier alpha value is -0.820. The highest BCUT2D eigenvalue weighted by Crippen LogP contribution is 2.26. The van der Waals surface area contributed by atoms with Gasteiger partial charge in [0.2, 0.25) is 5.82 Å². The van der Waals surface area contributed by atoms with Crippen LogP contribution in [-0.4, -0.2) is 17.5 Å². The highest BCUT2D eigenvalue weighted by molar-refractivity contribution is 7.98. The van der Waals surface area contributed by atoms with Gasteiger partial charge in [-0.3, -0.25) is 0 Å². The Bertz CT molecular complexity index is 381. The van der Waals surface area contributed by atoms with Crippen LogP contribution in [0.4, 0.5) is 22.0 Å². The molecule has 0 radical (unpaired) electrons. The topological polar surface area (TPSA) is 20.2 Å². The molecule has 0 unspecified atom stereocenters. The highest BCUT2D eigenvalue weighted by atomic mass is 32.2. The molecule has 0 heterocycles. The van der Waals surface area contributed by atoms with E-state index in [-0.39, 0.29) is 12.4 Å². The minimum atomic E-state index is -2.15. The molecule has 17 heavy (non-hydrogen) atoms. The molecule has 0 spiro atoms. The first-order valence-electron chi connectivity index (χ1n) is 4.69. The number of rotatable bonds is 5. The number of hydrogen-bond donors (Lipinski definition) is 1. The zero-order valence-corrected chi connectivity index (χ0v) is 9.39. The van der Waals surface area contributed by atoms with E-state index in [1.165, 1.54) is 0 Å². The number of aliphatic hydroxyl groups is 1. The summed E-state index contributed by atoms with van der Waals surface area (Å²) in [5.41, 5.74) is -0.829. The molecule has 1 nitrogen and oxygen atoms in total. The molecule has 1 N–H and O–H groups in total. The van der Waals surface area contributed by atoms with E-state index in [2.05, 4.69) is 0 Å². The maximum atomic E-state index is 13.1. The molecule has 0 amide bonds. The lowest BCUT2D eigenvalue weighted by atomic mass is 10.2. The number of thioether (sulfide) groups is 1. The van der Waals surface area contributed by atoms with Gasteiger partial charge in [-0.05, 0) is 12.2 Å². The van der Waals surface area contributed by atoms with Crippen molar-refractivity contribution in [3.63, 3.8) is 0 Å². The van der Waals surface area contributed by atoms with Gasteiger partial charge in [0.15, 0.2) is 23.3 Å². The van der Waals surface area contributed by atoms with E-state index in [1.54, 1.807) is 0 Å². The molecular formula is C10H9F5OS. The van der Waals surface area contributed by atoms with Crippen LogP contribution in [-0.2, 0) is 5.75 Å². The summed E-state index contributed by atoms with van der Waals surface area (Å²) < 4.78 is 64.5. The van der Waals surface area contributed by atoms with Gasteiger partial charge in [0.05, 0.1) is 0 Å². The SMILES string of the molecule is OCCCSCc1c(F)c(F)c(F)c(F)c1F. The summed E-state index contributed by atoms with van der Waals surface area (Å²) in [6, 6.07) is 0. The van der Waals surface area contributed by atoms with E-state index in [1.807, 2.05) is 0 Å². The molecule has 0 fully saturated rings. The summed E-state index contributed by atoms with van der Waals surface area (Å²) in [4.78, 5) is 0. The van der Waals surface area contributed by atoms with Crippen LogP contribution in [0, 0.1) is 29.1 Å². The average molecular weight is 272 g/mol. The monoisotopic (exact) mass is 272 g/mol. The van der Waals surface area contributed by atoms with Gasteiger partial charge in [-0.1, -0.05) is 0 Å². The number of hydrogen-bond acceptors (Lipinski definition) is 2. The Labute approximate surface area is 98.6 Å². The summed E-state index contributed by atoms with van der Waals surface area (Å²) in [5, 5.41) is 8.47. The molecule has 1 aromatic rings. The fourth-order valence-electron chi connectivity index (χ4n) is 1.12.